The first-order chi connectivity index (χ1) is 14.5. The van der Waals surface area contributed by atoms with Crippen LogP contribution in [-0.4, -0.2) is 19.2 Å². The van der Waals surface area contributed by atoms with Crippen LogP contribution in [0.3, 0.4) is 0 Å². The normalized spacial score (nSPS) is 11.2. The highest BCUT2D eigenvalue weighted by molar-refractivity contribution is 7.93. The third-order valence-corrected chi connectivity index (χ3v) is 6.96. The number of halogens is 1. The number of carbonyl (C=O) groups is 1. The minimum atomic E-state index is -4.32. The lowest BCUT2D eigenvalue weighted by molar-refractivity contribution is -0.384. The quantitative estimate of drug-likeness (QED) is 0.386. The van der Waals surface area contributed by atoms with Crippen molar-refractivity contribution in [1.82, 2.24) is 0 Å². The van der Waals surface area contributed by atoms with E-state index in [1.54, 1.807) is 38.1 Å². The van der Waals surface area contributed by atoms with Gasteiger partial charge in [0.05, 0.1) is 15.5 Å². The number of sulfonamides is 1. The Hall–Kier alpha value is -3.23. The molecule has 0 aliphatic rings. The molecule has 1 amide bonds. The second kappa shape index (κ2) is 8.49. The van der Waals surface area contributed by atoms with Crippen LogP contribution >= 0.6 is 11.6 Å². The molecule has 0 bridgehead atoms. The monoisotopic (exact) mass is 458 g/mol. The fourth-order valence-electron chi connectivity index (χ4n) is 3.02. The Labute approximate surface area is 185 Å². The maximum atomic E-state index is 13.6. The van der Waals surface area contributed by atoms with Gasteiger partial charge in [-0.2, -0.15) is 4.31 Å². The van der Waals surface area contributed by atoms with E-state index in [2.05, 4.69) is 0 Å². The standard InChI is InChI=1S/C22H19ClN2O5S/c1-14-7-10-18(11-8-14)31(29,30)24(20-6-4-5-15(2)16(20)3)22(26)17-9-12-19(23)21(13-17)25(27)28/h4-13H,1-3H3. The third kappa shape index (κ3) is 4.30. The van der Waals surface area contributed by atoms with E-state index in [4.69, 9.17) is 11.6 Å². The maximum Gasteiger partial charge on any atom is 0.288 e. The molecule has 0 N–H and O–H groups in total. The Morgan fingerprint density at radius 2 is 1.65 bits per heavy atom. The average Bonchev–Trinajstić information content (AvgIpc) is 2.71. The summed E-state index contributed by atoms with van der Waals surface area (Å²) >= 11 is 5.85. The topological polar surface area (TPSA) is 97.6 Å². The molecule has 0 saturated carbocycles. The summed E-state index contributed by atoms with van der Waals surface area (Å²) in [4.78, 5) is 23.9. The molecular weight excluding hydrogens is 440 g/mol. The maximum absolute atomic E-state index is 13.6. The van der Waals surface area contributed by atoms with Crippen molar-refractivity contribution in [2.75, 3.05) is 4.31 Å². The van der Waals surface area contributed by atoms with Gasteiger partial charge < -0.3 is 0 Å². The van der Waals surface area contributed by atoms with Crippen molar-refractivity contribution < 1.29 is 18.1 Å². The number of nitrogens with zero attached hydrogens (tertiary/aromatic N) is 2. The lowest BCUT2D eigenvalue weighted by Gasteiger charge is -2.25. The van der Waals surface area contributed by atoms with Crippen molar-refractivity contribution in [3.05, 3.63) is 98.1 Å². The molecule has 3 rings (SSSR count). The number of aryl methyl sites for hydroxylation is 2. The van der Waals surface area contributed by atoms with Crippen LogP contribution in [-0.2, 0) is 10.0 Å². The molecule has 0 atom stereocenters. The van der Waals surface area contributed by atoms with Crippen LogP contribution < -0.4 is 4.31 Å². The Morgan fingerprint density at radius 3 is 2.26 bits per heavy atom. The van der Waals surface area contributed by atoms with Crippen molar-refractivity contribution >= 4 is 38.9 Å². The van der Waals surface area contributed by atoms with Gasteiger partial charge in [-0.3, -0.25) is 14.9 Å². The molecule has 0 aliphatic heterocycles. The SMILES string of the molecule is Cc1ccc(S(=O)(=O)N(C(=O)c2ccc(Cl)c([N+](=O)[O-])c2)c2cccc(C)c2C)cc1. The van der Waals surface area contributed by atoms with Crippen LogP contribution in [0.5, 0.6) is 0 Å². The summed E-state index contributed by atoms with van der Waals surface area (Å²) in [6, 6.07) is 14.5. The summed E-state index contributed by atoms with van der Waals surface area (Å²) in [5.41, 5.74) is 1.75. The van der Waals surface area contributed by atoms with Gasteiger partial charge in [0.15, 0.2) is 0 Å². The van der Waals surface area contributed by atoms with Crippen LogP contribution in [0, 0.1) is 30.9 Å². The van der Waals surface area contributed by atoms with E-state index in [1.807, 2.05) is 6.92 Å². The summed E-state index contributed by atoms with van der Waals surface area (Å²) in [5.74, 6) is -0.922. The van der Waals surface area contributed by atoms with Crippen molar-refractivity contribution in [2.24, 2.45) is 0 Å². The van der Waals surface area contributed by atoms with Crippen LogP contribution in [0.25, 0.3) is 0 Å². The number of carbonyl (C=O) groups excluding carboxylic acids is 1. The Bertz CT molecular complexity index is 1290. The molecule has 3 aromatic carbocycles. The van der Waals surface area contributed by atoms with Gasteiger partial charge in [0.2, 0.25) is 0 Å². The number of nitro groups is 1. The third-order valence-electron chi connectivity index (χ3n) is 4.93. The predicted octanol–water partition coefficient (Wildman–Crippen LogP) is 5.21. The summed E-state index contributed by atoms with van der Waals surface area (Å²) in [6.07, 6.45) is 0. The smallest absolute Gasteiger partial charge is 0.268 e. The minimum Gasteiger partial charge on any atom is -0.268 e. The second-order valence-corrected chi connectivity index (χ2v) is 9.22. The van der Waals surface area contributed by atoms with E-state index in [0.717, 1.165) is 17.2 Å². The van der Waals surface area contributed by atoms with Crippen LogP contribution in [0.1, 0.15) is 27.0 Å². The fraction of sp³-hybridized carbons (Fsp3) is 0.136. The van der Waals surface area contributed by atoms with Crippen molar-refractivity contribution in [1.29, 1.82) is 0 Å². The van der Waals surface area contributed by atoms with E-state index in [0.29, 0.717) is 9.87 Å². The molecule has 0 radical (unpaired) electrons. The van der Waals surface area contributed by atoms with Gasteiger partial charge in [-0.25, -0.2) is 8.42 Å². The summed E-state index contributed by atoms with van der Waals surface area (Å²) in [7, 11) is -4.32. The zero-order valence-electron chi connectivity index (χ0n) is 17.0. The molecule has 0 heterocycles. The van der Waals surface area contributed by atoms with E-state index in [9.17, 15) is 23.3 Å². The number of hydrogen-bond acceptors (Lipinski definition) is 5. The summed E-state index contributed by atoms with van der Waals surface area (Å²) in [5, 5.41) is 11.1. The first-order valence-electron chi connectivity index (χ1n) is 9.20. The number of benzene rings is 3. The van der Waals surface area contributed by atoms with E-state index < -0.39 is 26.5 Å². The lowest BCUT2D eigenvalue weighted by atomic mass is 10.1. The molecular formula is C22H19ClN2O5S. The molecule has 0 fully saturated rings. The van der Waals surface area contributed by atoms with Gasteiger partial charge in [-0.1, -0.05) is 41.4 Å². The zero-order valence-corrected chi connectivity index (χ0v) is 18.6. The van der Waals surface area contributed by atoms with Crippen LogP contribution in [0.15, 0.2) is 65.6 Å². The molecule has 0 spiro atoms. The highest BCUT2D eigenvalue weighted by Crippen LogP contribution is 2.32. The molecule has 3 aromatic rings. The van der Waals surface area contributed by atoms with Crippen LogP contribution in [0.4, 0.5) is 11.4 Å². The van der Waals surface area contributed by atoms with Crippen molar-refractivity contribution in [3.63, 3.8) is 0 Å². The highest BCUT2D eigenvalue weighted by Gasteiger charge is 2.34. The van der Waals surface area contributed by atoms with E-state index in [1.165, 1.54) is 30.3 Å². The van der Waals surface area contributed by atoms with Crippen LogP contribution in [0.2, 0.25) is 5.02 Å². The second-order valence-electron chi connectivity index (χ2n) is 7.03. The molecule has 0 unspecified atom stereocenters. The van der Waals surface area contributed by atoms with Gasteiger partial charge in [0, 0.05) is 11.6 Å². The number of amides is 1. The Kier molecular flexibility index (Phi) is 6.15. The Morgan fingerprint density at radius 1 is 1.00 bits per heavy atom. The number of nitro benzene ring substituents is 1. The van der Waals surface area contributed by atoms with Gasteiger partial charge in [-0.15, -0.1) is 0 Å². The molecule has 160 valence electrons. The van der Waals surface area contributed by atoms with Gasteiger partial charge in [0.1, 0.15) is 5.02 Å². The van der Waals surface area contributed by atoms with Crippen molar-refractivity contribution in [2.45, 2.75) is 25.7 Å². The molecule has 7 nitrogen and oxygen atoms in total. The summed E-state index contributed by atoms with van der Waals surface area (Å²) in [6.45, 7) is 5.32. The van der Waals surface area contributed by atoms with Gasteiger partial charge in [-0.05, 0) is 62.2 Å². The number of rotatable bonds is 5. The average molecular weight is 459 g/mol. The van der Waals surface area contributed by atoms with E-state index in [-0.39, 0.29) is 21.2 Å². The van der Waals surface area contributed by atoms with Gasteiger partial charge >= 0.3 is 0 Å². The molecule has 31 heavy (non-hydrogen) atoms. The molecule has 9 heteroatoms. The number of hydrogen-bond donors (Lipinski definition) is 0. The molecule has 0 aromatic heterocycles. The first-order valence-corrected chi connectivity index (χ1v) is 11.0. The van der Waals surface area contributed by atoms with E-state index >= 15 is 0 Å². The summed E-state index contributed by atoms with van der Waals surface area (Å²) < 4.78 is 27.8. The fourth-order valence-corrected chi connectivity index (χ4v) is 4.68. The number of anilines is 1. The lowest BCUT2D eigenvalue weighted by Crippen LogP contribution is -2.37. The minimum absolute atomic E-state index is 0.0733. The Balaban J connectivity index is 2.25. The molecule has 0 aliphatic carbocycles. The van der Waals surface area contributed by atoms with Crippen molar-refractivity contribution in [3.8, 4) is 0 Å². The predicted molar refractivity (Wildman–Crippen MR) is 119 cm³/mol. The largest absolute Gasteiger partial charge is 0.288 e. The highest BCUT2D eigenvalue weighted by atomic mass is 35.5. The molecule has 0 saturated heterocycles. The first kappa shape index (κ1) is 22.5. The van der Waals surface area contributed by atoms with Gasteiger partial charge in [0.25, 0.3) is 21.6 Å². The zero-order chi connectivity index (χ0) is 22.9.